The normalized spacial score (nSPS) is 16.9. The number of para-hydroxylation sites is 2. The molecule has 1 saturated heterocycles. The Bertz CT molecular complexity index is 921. The van der Waals surface area contributed by atoms with Crippen molar-refractivity contribution in [2.45, 2.75) is 25.8 Å². The van der Waals surface area contributed by atoms with Crippen LogP contribution in [0.1, 0.15) is 24.8 Å². The fourth-order valence-corrected chi connectivity index (χ4v) is 4.15. The number of aromatic amines is 1. The summed E-state index contributed by atoms with van der Waals surface area (Å²) >= 11 is 0. The van der Waals surface area contributed by atoms with E-state index < -0.39 is 0 Å². The smallest absolute Gasteiger partial charge is 0.224 e. The largest absolute Gasteiger partial charge is 0.356 e. The van der Waals surface area contributed by atoms with E-state index in [1.165, 1.54) is 5.56 Å². The third-order valence-corrected chi connectivity index (χ3v) is 5.78. The van der Waals surface area contributed by atoms with Crippen molar-refractivity contribution in [1.29, 1.82) is 0 Å². The average molecular weight is 406 g/mol. The number of piperidine rings is 1. The minimum Gasteiger partial charge on any atom is -0.356 e. The Balaban J connectivity index is 1.21. The van der Waals surface area contributed by atoms with E-state index in [4.69, 9.17) is 4.98 Å². The zero-order valence-corrected chi connectivity index (χ0v) is 17.7. The maximum atomic E-state index is 12.7. The number of anilines is 1. The summed E-state index contributed by atoms with van der Waals surface area (Å²) in [6, 6.07) is 18.5. The number of imidazole rings is 1. The first kappa shape index (κ1) is 20.4. The van der Waals surface area contributed by atoms with Crippen LogP contribution in [0.4, 0.5) is 5.95 Å². The number of carbonyl (C=O) groups is 1. The zero-order valence-electron chi connectivity index (χ0n) is 17.7. The number of amides is 1. The molecule has 1 amide bonds. The van der Waals surface area contributed by atoms with Gasteiger partial charge in [-0.15, -0.1) is 0 Å². The number of hydrogen-bond acceptors (Lipinski definition) is 4. The molecule has 0 bridgehead atoms. The molecule has 6 heteroatoms. The summed E-state index contributed by atoms with van der Waals surface area (Å²) in [5.74, 6) is 1.06. The van der Waals surface area contributed by atoms with E-state index in [-0.39, 0.29) is 11.8 Å². The molecule has 1 aliphatic heterocycles. The summed E-state index contributed by atoms with van der Waals surface area (Å²) in [4.78, 5) is 25.3. The molecule has 0 saturated carbocycles. The Morgan fingerprint density at radius 3 is 2.83 bits per heavy atom. The predicted molar refractivity (Wildman–Crippen MR) is 121 cm³/mol. The zero-order chi connectivity index (χ0) is 20.8. The number of carbonyl (C=O) groups excluding carboxylic acids is 1. The standard InChI is InChI=1S/C24H31N5O/c1-28(17-19-9-3-2-4-10-19)15-8-14-25-23(30)20-11-7-16-29(18-20)24-26-21-12-5-6-13-22(21)27-24/h2-6,9-10,12-13,20H,7-8,11,14-18H2,1H3,(H,25,30)(H,26,27). The molecule has 0 spiro atoms. The van der Waals surface area contributed by atoms with Gasteiger partial charge in [0.15, 0.2) is 0 Å². The van der Waals surface area contributed by atoms with E-state index in [0.29, 0.717) is 0 Å². The monoisotopic (exact) mass is 405 g/mol. The van der Waals surface area contributed by atoms with E-state index in [0.717, 1.165) is 69.0 Å². The molecule has 0 radical (unpaired) electrons. The summed E-state index contributed by atoms with van der Waals surface area (Å²) < 4.78 is 0. The summed E-state index contributed by atoms with van der Waals surface area (Å²) in [5, 5.41) is 3.15. The van der Waals surface area contributed by atoms with Crippen molar-refractivity contribution in [2.24, 2.45) is 5.92 Å². The van der Waals surface area contributed by atoms with Crippen LogP contribution >= 0.6 is 0 Å². The number of fused-ring (bicyclic) bond motifs is 1. The molecule has 2 heterocycles. The molecule has 30 heavy (non-hydrogen) atoms. The maximum absolute atomic E-state index is 12.7. The molecule has 1 fully saturated rings. The fourth-order valence-electron chi connectivity index (χ4n) is 4.15. The first-order valence-corrected chi connectivity index (χ1v) is 10.9. The second kappa shape index (κ2) is 9.76. The number of nitrogens with one attached hydrogen (secondary N) is 2. The molecule has 6 nitrogen and oxygen atoms in total. The van der Waals surface area contributed by atoms with Crippen molar-refractivity contribution in [2.75, 3.05) is 38.1 Å². The summed E-state index contributed by atoms with van der Waals surface area (Å²) in [6.45, 7) is 4.28. The van der Waals surface area contributed by atoms with Crippen molar-refractivity contribution in [3.05, 3.63) is 60.2 Å². The van der Waals surface area contributed by atoms with Gasteiger partial charge in [-0.05, 0) is 50.6 Å². The van der Waals surface area contributed by atoms with Crippen LogP contribution in [-0.2, 0) is 11.3 Å². The van der Waals surface area contributed by atoms with Gasteiger partial charge in [0.1, 0.15) is 0 Å². The highest BCUT2D eigenvalue weighted by atomic mass is 16.1. The van der Waals surface area contributed by atoms with Crippen LogP contribution < -0.4 is 10.2 Å². The van der Waals surface area contributed by atoms with E-state index in [1.54, 1.807) is 0 Å². The van der Waals surface area contributed by atoms with E-state index >= 15 is 0 Å². The van der Waals surface area contributed by atoms with Crippen LogP contribution in [0.15, 0.2) is 54.6 Å². The highest BCUT2D eigenvalue weighted by Gasteiger charge is 2.27. The van der Waals surface area contributed by atoms with Crippen molar-refractivity contribution >= 4 is 22.9 Å². The molecule has 0 aliphatic carbocycles. The number of hydrogen-bond donors (Lipinski definition) is 2. The molecule has 3 aromatic rings. The van der Waals surface area contributed by atoms with Crippen molar-refractivity contribution in [1.82, 2.24) is 20.2 Å². The molecule has 4 rings (SSSR count). The molecular formula is C24H31N5O. The number of nitrogens with zero attached hydrogens (tertiary/aromatic N) is 3. The van der Waals surface area contributed by atoms with Crippen molar-refractivity contribution in [3.63, 3.8) is 0 Å². The molecule has 1 unspecified atom stereocenters. The van der Waals surface area contributed by atoms with E-state index in [9.17, 15) is 4.79 Å². The Morgan fingerprint density at radius 1 is 1.20 bits per heavy atom. The Morgan fingerprint density at radius 2 is 2.00 bits per heavy atom. The number of aromatic nitrogens is 2. The lowest BCUT2D eigenvalue weighted by Crippen LogP contribution is -2.44. The van der Waals surface area contributed by atoms with Gasteiger partial charge in [-0.25, -0.2) is 4.98 Å². The van der Waals surface area contributed by atoms with Crippen LogP contribution in [0, 0.1) is 5.92 Å². The first-order chi connectivity index (χ1) is 14.7. The molecule has 1 aromatic heterocycles. The van der Waals surface area contributed by atoms with Gasteiger partial charge in [0.05, 0.1) is 17.0 Å². The highest BCUT2D eigenvalue weighted by molar-refractivity contribution is 5.80. The van der Waals surface area contributed by atoms with Crippen molar-refractivity contribution < 1.29 is 4.79 Å². The van der Waals surface area contributed by atoms with Crippen LogP contribution in [0.3, 0.4) is 0 Å². The minimum absolute atomic E-state index is 0.0222. The summed E-state index contributed by atoms with van der Waals surface area (Å²) in [7, 11) is 2.13. The lowest BCUT2D eigenvalue weighted by molar-refractivity contribution is -0.125. The van der Waals surface area contributed by atoms with Gasteiger partial charge >= 0.3 is 0 Å². The third-order valence-electron chi connectivity index (χ3n) is 5.78. The second-order valence-corrected chi connectivity index (χ2v) is 8.23. The number of H-pyrrole nitrogens is 1. The topological polar surface area (TPSA) is 64.3 Å². The van der Waals surface area contributed by atoms with Gasteiger partial charge in [-0.1, -0.05) is 42.5 Å². The predicted octanol–water partition coefficient (Wildman–Crippen LogP) is 3.42. The molecule has 1 aliphatic rings. The number of rotatable bonds is 8. The molecular weight excluding hydrogens is 374 g/mol. The van der Waals surface area contributed by atoms with Crippen molar-refractivity contribution in [3.8, 4) is 0 Å². The first-order valence-electron chi connectivity index (χ1n) is 10.9. The Hall–Kier alpha value is -2.86. The fraction of sp³-hybridized carbons (Fsp3) is 0.417. The van der Waals surface area contributed by atoms with Crippen LogP contribution in [-0.4, -0.2) is 54.0 Å². The molecule has 2 aromatic carbocycles. The number of benzene rings is 2. The minimum atomic E-state index is 0.0222. The lowest BCUT2D eigenvalue weighted by Gasteiger charge is -2.31. The van der Waals surface area contributed by atoms with E-state index in [1.807, 2.05) is 30.3 Å². The van der Waals surface area contributed by atoms with Crippen LogP contribution in [0.25, 0.3) is 11.0 Å². The van der Waals surface area contributed by atoms with Gasteiger partial charge in [-0.2, -0.15) is 0 Å². The Kier molecular flexibility index (Phi) is 6.64. The summed E-state index contributed by atoms with van der Waals surface area (Å²) in [5.41, 5.74) is 3.33. The SMILES string of the molecule is CN(CCCNC(=O)C1CCCN(c2nc3ccccc3[nH]2)C1)Cc1ccccc1. The van der Waals surface area contributed by atoms with Crippen LogP contribution in [0.5, 0.6) is 0 Å². The quantitative estimate of drug-likeness (QED) is 0.564. The Labute approximate surface area is 178 Å². The highest BCUT2D eigenvalue weighted by Crippen LogP contribution is 2.23. The second-order valence-electron chi connectivity index (χ2n) is 8.23. The molecule has 158 valence electrons. The average Bonchev–Trinajstić information content (AvgIpc) is 3.22. The molecule has 1 atom stereocenters. The maximum Gasteiger partial charge on any atom is 0.224 e. The lowest BCUT2D eigenvalue weighted by atomic mass is 9.97. The third kappa shape index (κ3) is 5.19. The van der Waals surface area contributed by atoms with E-state index in [2.05, 4.69) is 51.4 Å². The van der Waals surface area contributed by atoms with Gasteiger partial charge in [0, 0.05) is 26.2 Å². The van der Waals surface area contributed by atoms with Gasteiger partial charge in [-0.3, -0.25) is 4.79 Å². The van der Waals surface area contributed by atoms with Gasteiger partial charge in [0.2, 0.25) is 11.9 Å². The molecule has 2 N–H and O–H groups in total. The van der Waals surface area contributed by atoms with Gasteiger partial charge < -0.3 is 20.1 Å². The summed E-state index contributed by atoms with van der Waals surface area (Å²) in [6.07, 6.45) is 2.90. The van der Waals surface area contributed by atoms with Gasteiger partial charge in [0.25, 0.3) is 0 Å². The van der Waals surface area contributed by atoms with Crippen LogP contribution in [0.2, 0.25) is 0 Å².